The number of aryl methyl sites for hydroxylation is 1. The molecule has 1 unspecified atom stereocenters. The molecule has 2 rings (SSSR count). The van der Waals surface area contributed by atoms with Crippen LogP contribution in [-0.2, 0) is 6.54 Å². The summed E-state index contributed by atoms with van der Waals surface area (Å²) in [6.45, 7) is 15.0. The number of anilines is 1. The first-order chi connectivity index (χ1) is 10.1. The average molecular weight is 291 g/mol. The zero-order valence-corrected chi connectivity index (χ0v) is 13.9. The third-order valence-corrected chi connectivity index (χ3v) is 4.08. The Labute approximate surface area is 128 Å². The third-order valence-electron chi connectivity index (χ3n) is 4.08. The molecular formula is C16H29N5. The average Bonchev–Trinajstić information content (AvgIpc) is 2.45. The molecule has 0 spiro atoms. The topological polar surface area (TPSA) is 44.3 Å². The molecule has 5 heteroatoms. The summed E-state index contributed by atoms with van der Waals surface area (Å²) < 4.78 is 0. The highest BCUT2D eigenvalue weighted by Crippen LogP contribution is 2.13. The number of nitrogens with zero attached hydrogens (tertiary/aromatic N) is 4. The van der Waals surface area contributed by atoms with E-state index in [0.717, 1.165) is 63.0 Å². The molecule has 2 heterocycles. The van der Waals surface area contributed by atoms with Crippen molar-refractivity contribution >= 4 is 5.82 Å². The fourth-order valence-corrected chi connectivity index (χ4v) is 2.93. The van der Waals surface area contributed by atoms with Gasteiger partial charge in [-0.05, 0) is 26.8 Å². The van der Waals surface area contributed by atoms with Gasteiger partial charge < -0.3 is 5.32 Å². The van der Waals surface area contributed by atoms with E-state index >= 15 is 0 Å². The Kier molecular flexibility index (Phi) is 5.94. The van der Waals surface area contributed by atoms with Gasteiger partial charge >= 0.3 is 0 Å². The Bertz CT molecular complexity index is 448. The van der Waals surface area contributed by atoms with Crippen molar-refractivity contribution in [3.8, 4) is 0 Å². The quantitative estimate of drug-likeness (QED) is 0.870. The van der Waals surface area contributed by atoms with Crippen LogP contribution in [0.3, 0.4) is 0 Å². The van der Waals surface area contributed by atoms with E-state index in [9.17, 15) is 0 Å². The van der Waals surface area contributed by atoms with Crippen LogP contribution in [0.4, 0.5) is 5.82 Å². The van der Waals surface area contributed by atoms with Crippen molar-refractivity contribution in [2.45, 2.75) is 46.7 Å². The molecule has 1 N–H and O–H groups in total. The molecule has 1 aliphatic rings. The number of nitrogens with one attached hydrogen (secondary N) is 1. The molecule has 118 valence electrons. The van der Waals surface area contributed by atoms with Crippen LogP contribution < -0.4 is 5.32 Å². The van der Waals surface area contributed by atoms with Crippen molar-refractivity contribution in [1.29, 1.82) is 0 Å². The van der Waals surface area contributed by atoms with E-state index in [1.807, 2.05) is 13.0 Å². The minimum Gasteiger partial charge on any atom is -0.370 e. The molecule has 0 saturated carbocycles. The number of aromatic nitrogens is 2. The van der Waals surface area contributed by atoms with Crippen molar-refractivity contribution < 1.29 is 0 Å². The Hall–Kier alpha value is -1.20. The molecule has 1 atom stereocenters. The van der Waals surface area contributed by atoms with Crippen LogP contribution >= 0.6 is 0 Å². The predicted molar refractivity (Wildman–Crippen MR) is 87.5 cm³/mol. The van der Waals surface area contributed by atoms with Crippen molar-refractivity contribution in [2.75, 3.05) is 38.0 Å². The highest BCUT2D eigenvalue weighted by atomic mass is 15.3. The molecule has 0 radical (unpaired) electrons. The molecule has 1 aromatic heterocycles. The van der Waals surface area contributed by atoms with E-state index < -0.39 is 0 Å². The van der Waals surface area contributed by atoms with E-state index in [2.05, 4.69) is 45.9 Å². The summed E-state index contributed by atoms with van der Waals surface area (Å²) in [5, 5.41) is 3.36. The highest BCUT2D eigenvalue weighted by molar-refractivity contribution is 5.35. The first kappa shape index (κ1) is 16.2. The molecular weight excluding hydrogens is 262 g/mol. The molecule has 1 aliphatic heterocycles. The monoisotopic (exact) mass is 291 g/mol. The van der Waals surface area contributed by atoms with Gasteiger partial charge in [-0.1, -0.05) is 13.8 Å². The lowest BCUT2D eigenvalue weighted by Crippen LogP contribution is -2.51. The van der Waals surface area contributed by atoms with Crippen LogP contribution in [0, 0.1) is 6.92 Å². The van der Waals surface area contributed by atoms with Gasteiger partial charge in [-0.2, -0.15) is 0 Å². The number of piperazine rings is 1. The number of rotatable bonds is 6. The Morgan fingerprint density at radius 2 is 2.10 bits per heavy atom. The van der Waals surface area contributed by atoms with Crippen LogP contribution in [0.1, 0.15) is 38.7 Å². The number of hydrogen-bond acceptors (Lipinski definition) is 5. The first-order valence-electron chi connectivity index (χ1n) is 8.17. The Morgan fingerprint density at radius 3 is 2.76 bits per heavy atom. The molecule has 1 saturated heterocycles. The molecule has 0 bridgehead atoms. The summed E-state index contributed by atoms with van der Waals surface area (Å²) in [7, 11) is 0. The summed E-state index contributed by atoms with van der Waals surface area (Å²) in [6, 6.07) is 2.64. The molecule has 0 aliphatic carbocycles. The van der Waals surface area contributed by atoms with E-state index in [1.165, 1.54) is 0 Å². The summed E-state index contributed by atoms with van der Waals surface area (Å²) in [4.78, 5) is 14.2. The SMILES string of the molecule is CCCNc1cc(C)nc(CN2CCN(CC)C(C)C2)n1. The van der Waals surface area contributed by atoms with Gasteiger partial charge in [-0.25, -0.2) is 9.97 Å². The third kappa shape index (κ3) is 4.64. The van der Waals surface area contributed by atoms with E-state index in [0.29, 0.717) is 6.04 Å². The summed E-state index contributed by atoms with van der Waals surface area (Å²) in [5.41, 5.74) is 1.04. The van der Waals surface area contributed by atoms with E-state index in [4.69, 9.17) is 0 Å². The maximum absolute atomic E-state index is 4.65. The summed E-state index contributed by atoms with van der Waals surface area (Å²) in [5.74, 6) is 1.89. The molecule has 1 aromatic rings. The second-order valence-corrected chi connectivity index (χ2v) is 5.95. The lowest BCUT2D eigenvalue weighted by molar-refractivity contribution is 0.0817. The van der Waals surface area contributed by atoms with E-state index in [1.54, 1.807) is 0 Å². The Morgan fingerprint density at radius 1 is 1.29 bits per heavy atom. The summed E-state index contributed by atoms with van der Waals surface area (Å²) >= 11 is 0. The number of likely N-dealkylation sites (N-methyl/N-ethyl adjacent to an activating group) is 1. The minimum atomic E-state index is 0.617. The zero-order chi connectivity index (χ0) is 15.2. The van der Waals surface area contributed by atoms with Gasteiger partial charge in [0.05, 0.1) is 6.54 Å². The van der Waals surface area contributed by atoms with Gasteiger partial charge in [0.15, 0.2) is 0 Å². The smallest absolute Gasteiger partial charge is 0.144 e. The fraction of sp³-hybridized carbons (Fsp3) is 0.750. The lowest BCUT2D eigenvalue weighted by Gasteiger charge is -2.39. The second-order valence-electron chi connectivity index (χ2n) is 5.95. The predicted octanol–water partition coefficient (Wildman–Crippen LogP) is 2.13. The van der Waals surface area contributed by atoms with Gasteiger partial charge in [0.2, 0.25) is 0 Å². The maximum Gasteiger partial charge on any atom is 0.144 e. The zero-order valence-electron chi connectivity index (χ0n) is 13.9. The fourth-order valence-electron chi connectivity index (χ4n) is 2.93. The lowest BCUT2D eigenvalue weighted by atomic mass is 10.2. The standard InChI is InChI=1S/C16H29N5/c1-5-7-17-15-10-13(3)18-16(19-15)12-20-8-9-21(6-2)14(4)11-20/h10,14H,5-9,11-12H2,1-4H3,(H,17,18,19). The Balaban J connectivity index is 1.97. The van der Waals surface area contributed by atoms with Gasteiger partial charge in [-0.3, -0.25) is 9.80 Å². The molecule has 0 aromatic carbocycles. The minimum absolute atomic E-state index is 0.617. The normalized spacial score (nSPS) is 20.7. The van der Waals surface area contributed by atoms with Gasteiger partial charge in [0.25, 0.3) is 0 Å². The second kappa shape index (κ2) is 7.71. The van der Waals surface area contributed by atoms with Crippen LogP contribution in [0.15, 0.2) is 6.07 Å². The van der Waals surface area contributed by atoms with Crippen molar-refractivity contribution in [2.24, 2.45) is 0 Å². The van der Waals surface area contributed by atoms with Crippen LogP contribution in [0.5, 0.6) is 0 Å². The number of hydrogen-bond donors (Lipinski definition) is 1. The summed E-state index contributed by atoms with van der Waals surface area (Å²) in [6.07, 6.45) is 1.11. The molecule has 0 amide bonds. The molecule has 21 heavy (non-hydrogen) atoms. The molecule has 1 fully saturated rings. The van der Waals surface area contributed by atoms with Gasteiger partial charge in [0.1, 0.15) is 11.6 Å². The first-order valence-corrected chi connectivity index (χ1v) is 8.17. The van der Waals surface area contributed by atoms with Crippen LogP contribution in [0.25, 0.3) is 0 Å². The van der Waals surface area contributed by atoms with Gasteiger partial charge in [-0.15, -0.1) is 0 Å². The largest absolute Gasteiger partial charge is 0.370 e. The van der Waals surface area contributed by atoms with Crippen molar-refractivity contribution in [1.82, 2.24) is 19.8 Å². The van der Waals surface area contributed by atoms with Crippen molar-refractivity contribution in [3.05, 3.63) is 17.6 Å². The molecule has 5 nitrogen and oxygen atoms in total. The maximum atomic E-state index is 4.65. The van der Waals surface area contributed by atoms with Gasteiger partial charge in [0, 0.05) is 44.0 Å². The van der Waals surface area contributed by atoms with E-state index in [-0.39, 0.29) is 0 Å². The highest BCUT2D eigenvalue weighted by Gasteiger charge is 2.22. The van der Waals surface area contributed by atoms with Crippen LogP contribution in [0.2, 0.25) is 0 Å². The van der Waals surface area contributed by atoms with Crippen LogP contribution in [-0.4, -0.2) is 58.5 Å². The van der Waals surface area contributed by atoms with Crippen molar-refractivity contribution in [3.63, 3.8) is 0 Å².